The van der Waals surface area contributed by atoms with Crippen LogP contribution in [0.5, 0.6) is 0 Å². The Balaban J connectivity index is 1.80. The van der Waals surface area contributed by atoms with Crippen LogP contribution in [0.4, 0.5) is 5.69 Å². The van der Waals surface area contributed by atoms with E-state index in [2.05, 4.69) is 4.98 Å². The number of rotatable bonds is 2. The van der Waals surface area contributed by atoms with Crippen LogP contribution in [0, 0.1) is 5.92 Å². The highest BCUT2D eigenvalue weighted by Gasteiger charge is 2.27. The van der Waals surface area contributed by atoms with Crippen molar-refractivity contribution in [2.24, 2.45) is 5.92 Å². The number of aromatic amines is 1. The van der Waals surface area contributed by atoms with Gasteiger partial charge in [0.05, 0.1) is 11.7 Å². The first-order valence-corrected chi connectivity index (χ1v) is 7.40. The third-order valence-corrected chi connectivity index (χ3v) is 4.45. The number of aliphatic hydroxyl groups is 1. The van der Waals surface area contributed by atoms with Crippen molar-refractivity contribution in [2.45, 2.75) is 25.9 Å². The Hall–Kier alpha value is -2.01. The number of anilines is 1. The van der Waals surface area contributed by atoms with E-state index in [0.717, 1.165) is 23.7 Å². The molecule has 1 fully saturated rings. The molecule has 1 aliphatic rings. The van der Waals surface area contributed by atoms with Crippen molar-refractivity contribution in [1.82, 2.24) is 9.88 Å². The first kappa shape index (κ1) is 13.9. The molecule has 5 heteroatoms. The zero-order valence-corrected chi connectivity index (χ0v) is 12.2. The third kappa shape index (κ3) is 2.61. The van der Waals surface area contributed by atoms with Gasteiger partial charge in [-0.15, -0.1) is 0 Å². The summed E-state index contributed by atoms with van der Waals surface area (Å²) in [5.74, 6) is 0.337. The quantitative estimate of drug-likeness (QED) is 0.739. The molecule has 4 N–H and O–H groups in total. The molecular weight excluding hydrogens is 266 g/mol. The van der Waals surface area contributed by atoms with Gasteiger partial charge in [0.25, 0.3) is 5.91 Å². The van der Waals surface area contributed by atoms with Gasteiger partial charge in [-0.2, -0.15) is 0 Å². The molecule has 0 aliphatic carbocycles. The molecule has 1 aromatic heterocycles. The average Bonchev–Trinajstić information content (AvgIpc) is 2.89. The summed E-state index contributed by atoms with van der Waals surface area (Å²) in [5, 5.41) is 10.5. The second kappa shape index (κ2) is 5.41. The number of nitrogens with two attached hydrogens (primary N) is 1. The van der Waals surface area contributed by atoms with E-state index in [4.69, 9.17) is 5.73 Å². The van der Waals surface area contributed by atoms with Crippen LogP contribution in [0.1, 0.15) is 30.1 Å². The van der Waals surface area contributed by atoms with Gasteiger partial charge in [0.15, 0.2) is 0 Å². The number of amides is 1. The molecule has 2 aromatic rings. The van der Waals surface area contributed by atoms with E-state index in [0.29, 0.717) is 30.3 Å². The van der Waals surface area contributed by atoms with Gasteiger partial charge in [-0.3, -0.25) is 4.79 Å². The number of nitrogens with one attached hydrogen (secondary N) is 1. The smallest absolute Gasteiger partial charge is 0.256 e. The van der Waals surface area contributed by atoms with Crippen LogP contribution in [-0.4, -0.2) is 40.1 Å². The number of H-pyrrole nitrogens is 1. The Labute approximate surface area is 123 Å². The molecule has 1 saturated heterocycles. The number of nitrogen functional groups attached to an aromatic ring is 1. The number of benzene rings is 1. The number of carbonyl (C=O) groups is 1. The Bertz CT molecular complexity index is 655. The molecule has 0 saturated carbocycles. The first-order valence-electron chi connectivity index (χ1n) is 7.40. The second-order valence-electron chi connectivity index (χ2n) is 5.88. The van der Waals surface area contributed by atoms with Gasteiger partial charge < -0.3 is 20.7 Å². The van der Waals surface area contributed by atoms with Crippen LogP contribution in [0.2, 0.25) is 0 Å². The van der Waals surface area contributed by atoms with Crippen LogP contribution in [-0.2, 0) is 0 Å². The third-order valence-electron chi connectivity index (χ3n) is 4.45. The van der Waals surface area contributed by atoms with Crippen molar-refractivity contribution in [2.75, 3.05) is 18.8 Å². The maximum atomic E-state index is 12.7. The predicted octanol–water partition coefficient (Wildman–Crippen LogP) is 1.98. The number of hydrogen-bond donors (Lipinski definition) is 3. The fourth-order valence-corrected chi connectivity index (χ4v) is 3.07. The van der Waals surface area contributed by atoms with Gasteiger partial charge >= 0.3 is 0 Å². The lowest BCUT2D eigenvalue weighted by Gasteiger charge is -2.33. The standard InChI is InChI=1S/C16H21N3O2/c1-10(20)11-4-6-19(7-5-11)16(21)14-9-18-15-3-2-12(17)8-13(14)15/h2-3,8-11,18,20H,4-7,17H2,1H3. The normalized spacial score (nSPS) is 18.1. The van der Waals surface area contributed by atoms with Crippen LogP contribution in [0.15, 0.2) is 24.4 Å². The maximum Gasteiger partial charge on any atom is 0.256 e. The van der Waals surface area contributed by atoms with E-state index in [-0.39, 0.29) is 12.0 Å². The summed E-state index contributed by atoms with van der Waals surface area (Å²) in [6.45, 7) is 3.22. The Morgan fingerprint density at radius 3 is 2.81 bits per heavy atom. The van der Waals surface area contributed by atoms with Gasteiger partial charge in [-0.05, 0) is 43.9 Å². The van der Waals surface area contributed by atoms with Crippen molar-refractivity contribution in [1.29, 1.82) is 0 Å². The SMILES string of the molecule is CC(O)C1CCN(C(=O)c2c[nH]c3ccc(N)cc23)CC1. The molecule has 1 unspecified atom stereocenters. The van der Waals surface area contributed by atoms with Gasteiger partial charge in [0.2, 0.25) is 0 Å². The lowest BCUT2D eigenvalue weighted by atomic mass is 9.92. The first-order chi connectivity index (χ1) is 10.1. The minimum absolute atomic E-state index is 0.0379. The zero-order chi connectivity index (χ0) is 15.0. The molecule has 2 heterocycles. The summed E-state index contributed by atoms with van der Waals surface area (Å²) in [4.78, 5) is 17.7. The number of piperidine rings is 1. The summed E-state index contributed by atoms with van der Waals surface area (Å²) in [5.41, 5.74) is 8.07. The molecular formula is C16H21N3O2. The highest BCUT2D eigenvalue weighted by atomic mass is 16.3. The molecule has 1 aliphatic heterocycles. The van der Waals surface area contributed by atoms with Gasteiger partial charge in [0, 0.05) is 35.9 Å². The van der Waals surface area contributed by atoms with Gasteiger partial charge in [0.1, 0.15) is 0 Å². The van der Waals surface area contributed by atoms with Gasteiger partial charge in [-0.1, -0.05) is 0 Å². The van der Waals surface area contributed by atoms with Crippen LogP contribution >= 0.6 is 0 Å². The molecule has 112 valence electrons. The van der Waals surface area contributed by atoms with E-state index in [1.807, 2.05) is 30.0 Å². The highest BCUT2D eigenvalue weighted by Crippen LogP contribution is 2.25. The molecule has 5 nitrogen and oxygen atoms in total. The van der Waals surface area contributed by atoms with E-state index < -0.39 is 0 Å². The Morgan fingerprint density at radius 2 is 2.14 bits per heavy atom. The Morgan fingerprint density at radius 1 is 1.43 bits per heavy atom. The summed E-state index contributed by atoms with van der Waals surface area (Å²) >= 11 is 0. The van der Waals surface area contributed by atoms with Crippen molar-refractivity contribution < 1.29 is 9.90 Å². The molecule has 0 spiro atoms. The number of aliphatic hydroxyl groups excluding tert-OH is 1. The van der Waals surface area contributed by atoms with Crippen LogP contribution in [0.3, 0.4) is 0 Å². The predicted molar refractivity (Wildman–Crippen MR) is 83.0 cm³/mol. The highest BCUT2D eigenvalue weighted by molar-refractivity contribution is 6.07. The number of aromatic nitrogens is 1. The van der Waals surface area contributed by atoms with Crippen molar-refractivity contribution >= 4 is 22.5 Å². The molecule has 1 aromatic carbocycles. The second-order valence-corrected chi connectivity index (χ2v) is 5.88. The lowest BCUT2D eigenvalue weighted by molar-refractivity contribution is 0.0523. The minimum atomic E-state index is -0.296. The molecule has 1 amide bonds. The summed E-state index contributed by atoms with van der Waals surface area (Å²) in [6, 6.07) is 5.55. The number of likely N-dealkylation sites (tertiary alicyclic amines) is 1. The zero-order valence-electron chi connectivity index (χ0n) is 12.2. The number of hydrogen-bond acceptors (Lipinski definition) is 3. The molecule has 0 bridgehead atoms. The topological polar surface area (TPSA) is 82.3 Å². The van der Waals surface area contributed by atoms with Crippen molar-refractivity contribution in [3.63, 3.8) is 0 Å². The van der Waals surface area contributed by atoms with E-state index in [1.54, 1.807) is 6.20 Å². The number of carbonyl (C=O) groups excluding carboxylic acids is 1. The van der Waals surface area contributed by atoms with Crippen molar-refractivity contribution in [3.05, 3.63) is 30.0 Å². The van der Waals surface area contributed by atoms with Crippen LogP contribution in [0.25, 0.3) is 10.9 Å². The summed E-state index contributed by atoms with van der Waals surface area (Å²) < 4.78 is 0. The largest absolute Gasteiger partial charge is 0.399 e. The van der Waals surface area contributed by atoms with E-state index in [1.165, 1.54) is 0 Å². The maximum absolute atomic E-state index is 12.7. The minimum Gasteiger partial charge on any atom is -0.399 e. The van der Waals surface area contributed by atoms with Crippen LogP contribution < -0.4 is 5.73 Å². The lowest BCUT2D eigenvalue weighted by Crippen LogP contribution is -2.40. The Kier molecular flexibility index (Phi) is 3.59. The van der Waals surface area contributed by atoms with Gasteiger partial charge in [-0.25, -0.2) is 0 Å². The van der Waals surface area contributed by atoms with E-state index >= 15 is 0 Å². The van der Waals surface area contributed by atoms with E-state index in [9.17, 15) is 9.90 Å². The molecule has 3 rings (SSSR count). The summed E-state index contributed by atoms with van der Waals surface area (Å²) in [6.07, 6.45) is 3.17. The molecule has 21 heavy (non-hydrogen) atoms. The molecule has 1 atom stereocenters. The fraction of sp³-hybridized carbons (Fsp3) is 0.438. The number of nitrogens with zero attached hydrogens (tertiary/aromatic N) is 1. The monoisotopic (exact) mass is 287 g/mol. The van der Waals surface area contributed by atoms with Crippen molar-refractivity contribution in [3.8, 4) is 0 Å². The fourth-order valence-electron chi connectivity index (χ4n) is 3.07. The average molecular weight is 287 g/mol. The number of fused-ring (bicyclic) bond motifs is 1. The summed E-state index contributed by atoms with van der Waals surface area (Å²) in [7, 11) is 0. The molecule has 0 radical (unpaired) electrons.